The number of piperazine rings is 1. The van der Waals surface area contributed by atoms with Gasteiger partial charge in [0.25, 0.3) is 0 Å². The standard InChI is InChI=1S/C16H20F4N2O/c17-15(18)16(19,20)23-13-5-3-12(4-6-13)14(11-1-2-11)22-9-7-21-8-10-22/h3-6,11,14-15,21H,1-2,7-10H2/t14-/m0/s1. The van der Waals surface area contributed by atoms with Crippen LogP contribution in [0.5, 0.6) is 5.75 Å². The van der Waals surface area contributed by atoms with Crippen LogP contribution < -0.4 is 10.1 Å². The summed E-state index contributed by atoms with van der Waals surface area (Å²) in [6, 6.07) is 6.39. The van der Waals surface area contributed by atoms with Crippen LogP contribution in [0.25, 0.3) is 0 Å². The topological polar surface area (TPSA) is 24.5 Å². The lowest BCUT2D eigenvalue weighted by Crippen LogP contribution is -2.45. The van der Waals surface area contributed by atoms with Gasteiger partial charge in [0.1, 0.15) is 5.75 Å². The first kappa shape index (κ1) is 16.5. The molecule has 1 aromatic carbocycles. The molecule has 0 amide bonds. The fourth-order valence-electron chi connectivity index (χ4n) is 3.09. The van der Waals surface area contributed by atoms with Gasteiger partial charge in [-0.3, -0.25) is 4.90 Å². The van der Waals surface area contributed by atoms with Crippen molar-refractivity contribution in [1.82, 2.24) is 10.2 Å². The van der Waals surface area contributed by atoms with Gasteiger partial charge in [-0.15, -0.1) is 0 Å². The second kappa shape index (κ2) is 6.65. The van der Waals surface area contributed by atoms with Crippen LogP contribution in [-0.2, 0) is 0 Å². The van der Waals surface area contributed by atoms with Crippen LogP contribution in [0.4, 0.5) is 17.6 Å². The summed E-state index contributed by atoms with van der Waals surface area (Å²) in [6.45, 7) is 3.77. The molecule has 7 heteroatoms. The van der Waals surface area contributed by atoms with Crippen molar-refractivity contribution in [1.29, 1.82) is 0 Å². The molecule has 1 saturated heterocycles. The van der Waals surface area contributed by atoms with Crippen molar-refractivity contribution in [3.63, 3.8) is 0 Å². The summed E-state index contributed by atoms with van der Waals surface area (Å²) in [7, 11) is 0. The van der Waals surface area contributed by atoms with E-state index in [1.54, 1.807) is 12.1 Å². The maximum Gasteiger partial charge on any atom is 0.461 e. The molecule has 1 aliphatic heterocycles. The van der Waals surface area contributed by atoms with Gasteiger partial charge in [-0.2, -0.15) is 17.6 Å². The fourth-order valence-corrected chi connectivity index (χ4v) is 3.09. The quantitative estimate of drug-likeness (QED) is 0.809. The van der Waals surface area contributed by atoms with Gasteiger partial charge in [-0.05, 0) is 36.5 Å². The van der Waals surface area contributed by atoms with Gasteiger partial charge in [-0.25, -0.2) is 0 Å². The van der Waals surface area contributed by atoms with Crippen molar-refractivity contribution in [2.45, 2.75) is 31.4 Å². The van der Waals surface area contributed by atoms with Crippen molar-refractivity contribution < 1.29 is 22.3 Å². The molecule has 128 valence electrons. The second-order valence-corrected chi connectivity index (χ2v) is 6.10. The maximum atomic E-state index is 12.9. The van der Waals surface area contributed by atoms with Crippen LogP contribution in [0.15, 0.2) is 24.3 Å². The van der Waals surface area contributed by atoms with E-state index in [-0.39, 0.29) is 11.8 Å². The van der Waals surface area contributed by atoms with Crippen LogP contribution in [0.1, 0.15) is 24.4 Å². The zero-order valence-corrected chi connectivity index (χ0v) is 12.7. The smallest absolute Gasteiger partial charge is 0.428 e. The van der Waals surface area contributed by atoms with E-state index < -0.39 is 12.5 Å². The lowest BCUT2D eigenvalue weighted by Gasteiger charge is -2.35. The summed E-state index contributed by atoms with van der Waals surface area (Å²) in [5, 5.41) is 3.31. The molecule has 0 unspecified atom stereocenters. The molecule has 23 heavy (non-hydrogen) atoms. The van der Waals surface area contributed by atoms with E-state index in [1.807, 2.05) is 0 Å². The van der Waals surface area contributed by atoms with E-state index in [9.17, 15) is 17.6 Å². The number of benzene rings is 1. The van der Waals surface area contributed by atoms with Crippen LogP contribution >= 0.6 is 0 Å². The minimum atomic E-state index is -4.46. The highest BCUT2D eigenvalue weighted by atomic mass is 19.3. The first-order valence-corrected chi connectivity index (χ1v) is 7.87. The summed E-state index contributed by atoms with van der Waals surface area (Å²) < 4.78 is 54.3. The normalized spacial score (nSPS) is 21.4. The Bertz CT molecular complexity index is 513. The van der Waals surface area contributed by atoms with E-state index >= 15 is 0 Å². The zero-order chi connectivity index (χ0) is 16.4. The van der Waals surface area contributed by atoms with Crippen LogP contribution in [0.3, 0.4) is 0 Å². The average Bonchev–Trinajstić information content (AvgIpc) is 3.35. The van der Waals surface area contributed by atoms with Crippen LogP contribution in [0, 0.1) is 5.92 Å². The van der Waals surface area contributed by atoms with Gasteiger partial charge in [0.15, 0.2) is 0 Å². The van der Waals surface area contributed by atoms with Crippen LogP contribution in [0.2, 0.25) is 0 Å². The highest BCUT2D eigenvalue weighted by molar-refractivity contribution is 5.30. The molecular weight excluding hydrogens is 312 g/mol. The summed E-state index contributed by atoms with van der Waals surface area (Å²) in [4.78, 5) is 2.40. The van der Waals surface area contributed by atoms with E-state index in [0.29, 0.717) is 5.92 Å². The minimum Gasteiger partial charge on any atom is -0.428 e. The second-order valence-electron chi connectivity index (χ2n) is 6.10. The largest absolute Gasteiger partial charge is 0.461 e. The first-order valence-electron chi connectivity index (χ1n) is 7.87. The summed E-state index contributed by atoms with van der Waals surface area (Å²) >= 11 is 0. The Balaban J connectivity index is 1.72. The average molecular weight is 332 g/mol. The Hall–Kier alpha value is -1.34. The van der Waals surface area contributed by atoms with Gasteiger partial charge in [-0.1, -0.05) is 12.1 Å². The predicted molar refractivity (Wildman–Crippen MR) is 77.9 cm³/mol. The number of hydrogen-bond donors (Lipinski definition) is 1. The third-order valence-electron chi connectivity index (χ3n) is 4.34. The molecule has 1 heterocycles. The predicted octanol–water partition coefficient (Wildman–Crippen LogP) is 3.28. The lowest BCUT2D eigenvalue weighted by molar-refractivity contribution is -0.253. The van der Waals surface area contributed by atoms with Crippen LogP contribution in [-0.4, -0.2) is 43.6 Å². The Labute approximate surface area is 132 Å². The highest BCUT2D eigenvalue weighted by Crippen LogP contribution is 2.45. The van der Waals surface area contributed by atoms with Crippen molar-refractivity contribution in [3.05, 3.63) is 29.8 Å². The molecule has 1 N–H and O–H groups in total. The third kappa shape index (κ3) is 3.95. The fraction of sp³-hybridized carbons (Fsp3) is 0.625. The lowest BCUT2D eigenvalue weighted by atomic mass is 9.99. The summed E-state index contributed by atoms with van der Waals surface area (Å²) in [6.07, 6.45) is -5.98. The molecule has 1 saturated carbocycles. The van der Waals surface area contributed by atoms with Crippen molar-refractivity contribution in [3.8, 4) is 5.75 Å². The molecular formula is C16H20F4N2O. The van der Waals surface area contributed by atoms with Gasteiger partial charge in [0, 0.05) is 32.2 Å². The summed E-state index contributed by atoms with van der Waals surface area (Å²) in [5.41, 5.74) is 1.03. The molecule has 0 spiro atoms. The Morgan fingerprint density at radius 3 is 2.22 bits per heavy atom. The number of hydrogen-bond acceptors (Lipinski definition) is 3. The van der Waals surface area contributed by atoms with Gasteiger partial charge in [0.05, 0.1) is 0 Å². The Morgan fingerprint density at radius 2 is 1.70 bits per heavy atom. The van der Waals surface area contributed by atoms with Gasteiger partial charge >= 0.3 is 12.5 Å². The molecule has 1 atom stereocenters. The van der Waals surface area contributed by atoms with Crippen molar-refractivity contribution in [2.75, 3.05) is 26.2 Å². The minimum absolute atomic E-state index is 0.242. The Kier molecular flexibility index (Phi) is 4.77. The molecule has 1 aliphatic carbocycles. The van der Waals surface area contributed by atoms with Crippen molar-refractivity contribution >= 4 is 0 Å². The van der Waals surface area contributed by atoms with Crippen molar-refractivity contribution in [2.24, 2.45) is 5.92 Å². The number of halogens is 4. The molecule has 3 nitrogen and oxygen atoms in total. The van der Waals surface area contributed by atoms with E-state index in [1.165, 1.54) is 12.1 Å². The highest BCUT2D eigenvalue weighted by Gasteiger charge is 2.44. The first-order chi connectivity index (χ1) is 11.0. The number of nitrogens with zero attached hydrogens (tertiary/aromatic N) is 1. The monoisotopic (exact) mass is 332 g/mol. The maximum absolute atomic E-state index is 12.9. The van der Waals surface area contributed by atoms with E-state index in [0.717, 1.165) is 44.6 Å². The number of rotatable bonds is 6. The molecule has 2 fully saturated rings. The SMILES string of the molecule is FC(F)C(F)(F)Oc1ccc([C@H](C2CC2)N2CCNCC2)cc1. The molecule has 2 aliphatic rings. The van der Waals surface area contributed by atoms with E-state index in [2.05, 4.69) is 15.0 Å². The molecule has 1 aromatic rings. The van der Waals surface area contributed by atoms with E-state index in [4.69, 9.17) is 0 Å². The molecule has 0 radical (unpaired) electrons. The number of nitrogens with one attached hydrogen (secondary N) is 1. The molecule has 3 rings (SSSR count). The van der Waals surface area contributed by atoms with Gasteiger partial charge < -0.3 is 10.1 Å². The zero-order valence-electron chi connectivity index (χ0n) is 12.7. The van der Waals surface area contributed by atoms with Gasteiger partial charge in [0.2, 0.25) is 0 Å². The molecule has 0 aromatic heterocycles. The number of alkyl halides is 4. The third-order valence-corrected chi connectivity index (χ3v) is 4.34. The number of ether oxygens (including phenoxy) is 1. The summed E-state index contributed by atoms with van der Waals surface area (Å²) in [5.74, 6) is 0.344. The Morgan fingerprint density at radius 1 is 1.09 bits per heavy atom. The molecule has 0 bridgehead atoms.